The third kappa shape index (κ3) is 5.51. The second-order valence-corrected chi connectivity index (χ2v) is 6.25. The Morgan fingerprint density at radius 2 is 1.82 bits per heavy atom. The van der Waals surface area contributed by atoms with Crippen LogP contribution in [-0.2, 0) is 6.42 Å². The van der Waals surface area contributed by atoms with Gasteiger partial charge in [-0.05, 0) is 6.92 Å². The van der Waals surface area contributed by atoms with Crippen LogP contribution in [0.15, 0.2) is 21.6 Å². The predicted molar refractivity (Wildman–Crippen MR) is 108 cm³/mol. The highest BCUT2D eigenvalue weighted by Gasteiger charge is 2.14. The number of aliphatic imine (C=N–C) groups is 1. The summed E-state index contributed by atoms with van der Waals surface area (Å²) in [4.78, 5) is 8.93. The summed E-state index contributed by atoms with van der Waals surface area (Å²) in [5, 5.41) is 10.4. The van der Waals surface area contributed by atoms with Crippen molar-refractivity contribution in [2.75, 3.05) is 39.7 Å². The minimum atomic E-state index is 0.236. The molecule has 0 fully saturated rings. The molecule has 1 aromatic carbocycles. The molecular weight excluding hydrogens is 362 g/mol. The van der Waals surface area contributed by atoms with E-state index in [-0.39, 0.29) is 5.92 Å². The lowest BCUT2D eigenvalue weighted by Crippen LogP contribution is -2.31. The maximum atomic E-state index is 5.39. The third-order valence-corrected chi connectivity index (χ3v) is 3.87. The molecule has 2 aromatic rings. The van der Waals surface area contributed by atoms with Gasteiger partial charge in [-0.3, -0.25) is 4.99 Å². The normalized spacial score (nSPS) is 11.5. The lowest BCUT2D eigenvalue weighted by atomic mass is 10.2. The van der Waals surface area contributed by atoms with Gasteiger partial charge in [0, 0.05) is 36.7 Å². The summed E-state index contributed by atoms with van der Waals surface area (Å²) in [5.41, 5.74) is 0.758. The van der Waals surface area contributed by atoms with Crippen molar-refractivity contribution in [3.63, 3.8) is 0 Å². The fourth-order valence-electron chi connectivity index (χ4n) is 2.46. The van der Waals surface area contributed by atoms with Gasteiger partial charge in [-0.2, -0.15) is 4.98 Å². The summed E-state index contributed by atoms with van der Waals surface area (Å²) in [6, 6.07) is 3.64. The van der Waals surface area contributed by atoms with Gasteiger partial charge in [0.25, 0.3) is 0 Å². The van der Waals surface area contributed by atoms with E-state index in [1.807, 2.05) is 32.9 Å². The summed E-state index contributed by atoms with van der Waals surface area (Å²) in [6.07, 6.45) is 0.561. The van der Waals surface area contributed by atoms with Crippen LogP contribution in [0.25, 0.3) is 0 Å². The number of ether oxygens (including phenoxy) is 3. The molecule has 0 unspecified atom stereocenters. The van der Waals surface area contributed by atoms with Gasteiger partial charge >= 0.3 is 0 Å². The SMILES string of the molecule is CCNC(=NCCc1nc(C(C)C)no1)Nc1cc(OC)c(OC)c(OC)c1. The Labute approximate surface area is 165 Å². The van der Waals surface area contributed by atoms with E-state index in [9.17, 15) is 0 Å². The van der Waals surface area contributed by atoms with Gasteiger partial charge in [-0.1, -0.05) is 19.0 Å². The van der Waals surface area contributed by atoms with Crippen LogP contribution >= 0.6 is 0 Å². The zero-order valence-corrected chi connectivity index (χ0v) is 17.3. The van der Waals surface area contributed by atoms with Crippen LogP contribution in [0.3, 0.4) is 0 Å². The number of aromatic nitrogens is 2. The van der Waals surface area contributed by atoms with Crippen LogP contribution in [0.1, 0.15) is 38.4 Å². The Balaban J connectivity index is 2.11. The maximum absolute atomic E-state index is 5.39. The summed E-state index contributed by atoms with van der Waals surface area (Å²) < 4.78 is 21.4. The van der Waals surface area contributed by atoms with Crippen molar-refractivity contribution in [1.29, 1.82) is 0 Å². The van der Waals surface area contributed by atoms with E-state index in [2.05, 4.69) is 25.8 Å². The van der Waals surface area contributed by atoms with Gasteiger partial charge in [0.05, 0.1) is 27.9 Å². The number of anilines is 1. The monoisotopic (exact) mass is 391 g/mol. The van der Waals surface area contributed by atoms with E-state index in [0.717, 1.165) is 5.69 Å². The zero-order chi connectivity index (χ0) is 20.5. The van der Waals surface area contributed by atoms with Crippen LogP contribution in [0.4, 0.5) is 5.69 Å². The molecule has 0 spiro atoms. The highest BCUT2D eigenvalue weighted by Crippen LogP contribution is 2.39. The van der Waals surface area contributed by atoms with Crippen molar-refractivity contribution in [1.82, 2.24) is 15.5 Å². The standard InChI is InChI=1S/C19H29N5O4/c1-7-20-19(21-9-8-16-23-18(12(2)3)24-28-16)22-13-10-14(25-4)17(27-6)15(11-13)26-5/h10-12H,7-9H2,1-6H3,(H2,20,21,22). The number of rotatable bonds is 9. The van der Waals surface area contributed by atoms with Crippen molar-refractivity contribution >= 4 is 11.6 Å². The molecule has 1 aromatic heterocycles. The van der Waals surface area contributed by atoms with Crippen molar-refractivity contribution in [3.05, 3.63) is 23.8 Å². The molecule has 2 rings (SSSR count). The molecule has 0 saturated heterocycles. The minimum absolute atomic E-state index is 0.236. The van der Waals surface area contributed by atoms with Crippen LogP contribution in [-0.4, -0.2) is 50.5 Å². The lowest BCUT2D eigenvalue weighted by Gasteiger charge is -2.16. The Morgan fingerprint density at radius 3 is 2.32 bits per heavy atom. The third-order valence-electron chi connectivity index (χ3n) is 3.87. The molecule has 154 valence electrons. The van der Waals surface area contributed by atoms with Gasteiger partial charge in [0.15, 0.2) is 23.3 Å². The molecule has 9 heteroatoms. The van der Waals surface area contributed by atoms with E-state index in [1.165, 1.54) is 0 Å². The van der Waals surface area contributed by atoms with E-state index >= 15 is 0 Å². The van der Waals surface area contributed by atoms with E-state index in [1.54, 1.807) is 21.3 Å². The molecule has 0 aliphatic carbocycles. The number of nitrogens with one attached hydrogen (secondary N) is 2. The summed E-state index contributed by atoms with van der Waals surface area (Å²) in [6.45, 7) is 7.27. The quantitative estimate of drug-likeness (QED) is 0.497. The van der Waals surface area contributed by atoms with Crippen molar-refractivity contribution < 1.29 is 18.7 Å². The summed E-state index contributed by atoms with van der Waals surface area (Å²) >= 11 is 0. The maximum Gasteiger partial charge on any atom is 0.228 e. The van der Waals surface area contributed by atoms with Crippen LogP contribution in [0.2, 0.25) is 0 Å². The largest absolute Gasteiger partial charge is 0.493 e. The number of benzene rings is 1. The Kier molecular flexibility index (Phi) is 7.91. The predicted octanol–water partition coefficient (Wildman–Crippen LogP) is 2.84. The molecule has 2 N–H and O–H groups in total. The van der Waals surface area contributed by atoms with Crippen molar-refractivity contribution in [2.45, 2.75) is 33.1 Å². The highest BCUT2D eigenvalue weighted by molar-refractivity contribution is 5.94. The van der Waals surface area contributed by atoms with Gasteiger partial charge in [0.1, 0.15) is 0 Å². The Bertz CT molecular complexity index is 763. The van der Waals surface area contributed by atoms with E-state index in [4.69, 9.17) is 18.7 Å². The zero-order valence-electron chi connectivity index (χ0n) is 17.3. The van der Waals surface area contributed by atoms with Gasteiger partial charge < -0.3 is 29.4 Å². The smallest absolute Gasteiger partial charge is 0.228 e. The molecule has 0 bridgehead atoms. The lowest BCUT2D eigenvalue weighted by molar-refractivity contribution is 0.324. The van der Waals surface area contributed by atoms with E-state index < -0.39 is 0 Å². The summed E-state index contributed by atoms with van der Waals surface area (Å²) in [5.74, 6) is 3.81. The van der Waals surface area contributed by atoms with Crippen LogP contribution < -0.4 is 24.8 Å². The molecule has 0 radical (unpaired) electrons. The van der Waals surface area contributed by atoms with Crippen molar-refractivity contribution in [3.8, 4) is 17.2 Å². The highest BCUT2D eigenvalue weighted by atomic mass is 16.5. The number of hydrogen-bond donors (Lipinski definition) is 2. The molecule has 0 aliphatic heterocycles. The molecular formula is C19H29N5O4. The molecule has 0 saturated carbocycles. The van der Waals surface area contributed by atoms with Gasteiger partial charge in [-0.15, -0.1) is 0 Å². The molecule has 0 amide bonds. The second kappa shape index (κ2) is 10.4. The molecule has 0 aliphatic rings. The first kappa shape index (κ1) is 21.3. The number of guanidine groups is 1. The first-order valence-corrected chi connectivity index (χ1v) is 9.20. The molecule has 9 nitrogen and oxygen atoms in total. The number of nitrogens with zero attached hydrogens (tertiary/aromatic N) is 3. The molecule has 1 heterocycles. The van der Waals surface area contributed by atoms with Crippen molar-refractivity contribution in [2.24, 2.45) is 4.99 Å². The topological polar surface area (TPSA) is 103 Å². The van der Waals surface area contributed by atoms with Gasteiger partial charge in [0.2, 0.25) is 11.6 Å². The Hall–Kier alpha value is -2.97. The average Bonchev–Trinajstić information content (AvgIpc) is 3.16. The number of hydrogen-bond acceptors (Lipinski definition) is 7. The van der Waals surface area contributed by atoms with Gasteiger partial charge in [-0.25, -0.2) is 0 Å². The van der Waals surface area contributed by atoms with Crippen LogP contribution in [0.5, 0.6) is 17.2 Å². The first-order chi connectivity index (χ1) is 13.5. The minimum Gasteiger partial charge on any atom is -0.493 e. The molecule has 28 heavy (non-hydrogen) atoms. The average molecular weight is 391 g/mol. The first-order valence-electron chi connectivity index (χ1n) is 9.20. The fourth-order valence-corrected chi connectivity index (χ4v) is 2.46. The van der Waals surface area contributed by atoms with E-state index in [0.29, 0.717) is 54.4 Å². The summed E-state index contributed by atoms with van der Waals surface area (Å²) in [7, 11) is 4.73. The second-order valence-electron chi connectivity index (χ2n) is 6.25. The fraction of sp³-hybridized carbons (Fsp3) is 0.526. The van der Waals surface area contributed by atoms with Crippen LogP contribution in [0, 0.1) is 0 Å². The Morgan fingerprint density at radius 1 is 1.14 bits per heavy atom. The molecule has 0 atom stereocenters. The number of methoxy groups -OCH3 is 3.